The minimum atomic E-state index is 0.426. The van der Waals surface area contributed by atoms with E-state index in [4.69, 9.17) is 0 Å². The quantitative estimate of drug-likeness (QED) is 0.654. The minimum Gasteiger partial charge on any atom is -0.508 e. The summed E-state index contributed by atoms with van der Waals surface area (Å²) in [5, 5.41) is 9.78. The third-order valence-electron chi connectivity index (χ3n) is 10.5. The van der Waals surface area contributed by atoms with Gasteiger partial charge in [0.15, 0.2) is 0 Å². The predicted octanol–water partition coefficient (Wildman–Crippen LogP) is 6.30. The largest absolute Gasteiger partial charge is 0.508 e. The van der Waals surface area contributed by atoms with Gasteiger partial charge in [0.2, 0.25) is 0 Å². The van der Waals surface area contributed by atoms with E-state index < -0.39 is 0 Å². The molecule has 0 spiro atoms. The molecule has 8 saturated carbocycles. The van der Waals surface area contributed by atoms with Crippen molar-refractivity contribution in [2.24, 2.45) is 46.8 Å². The molecular weight excluding hydrogens is 328 g/mol. The van der Waals surface area contributed by atoms with E-state index in [-0.39, 0.29) is 0 Å². The van der Waals surface area contributed by atoms with E-state index in [1.807, 2.05) is 12.1 Å². The molecule has 0 amide bonds. The molecule has 0 saturated heterocycles. The Labute approximate surface area is 163 Å². The lowest BCUT2D eigenvalue weighted by atomic mass is 9.36. The van der Waals surface area contributed by atoms with E-state index in [2.05, 4.69) is 12.1 Å². The van der Waals surface area contributed by atoms with Crippen LogP contribution in [0.4, 0.5) is 0 Å². The number of aromatic hydroxyl groups is 1. The zero-order valence-corrected chi connectivity index (χ0v) is 16.6. The topological polar surface area (TPSA) is 20.2 Å². The highest BCUT2D eigenvalue weighted by Gasteiger charge is 2.63. The summed E-state index contributed by atoms with van der Waals surface area (Å²) in [7, 11) is 0. The highest BCUT2D eigenvalue weighted by molar-refractivity contribution is 5.34. The third-order valence-corrected chi connectivity index (χ3v) is 10.5. The number of phenolic OH excluding ortho intramolecular Hbond substituents is 1. The van der Waals surface area contributed by atoms with Crippen LogP contribution in [-0.2, 0) is 5.41 Å². The summed E-state index contributed by atoms with van der Waals surface area (Å²) in [5.74, 6) is 7.77. The van der Waals surface area contributed by atoms with Gasteiger partial charge in [0.1, 0.15) is 5.75 Å². The van der Waals surface area contributed by atoms with Crippen molar-refractivity contribution in [3.63, 3.8) is 0 Å². The molecule has 0 heterocycles. The van der Waals surface area contributed by atoms with Crippen LogP contribution in [0.5, 0.6) is 5.75 Å². The van der Waals surface area contributed by atoms with Gasteiger partial charge in [0.25, 0.3) is 0 Å². The normalized spacial score (nSPS) is 54.6. The van der Waals surface area contributed by atoms with E-state index in [0.717, 1.165) is 46.8 Å². The lowest BCUT2D eigenvalue weighted by molar-refractivity contribution is -0.172. The van der Waals surface area contributed by atoms with Gasteiger partial charge in [-0.2, -0.15) is 0 Å². The van der Waals surface area contributed by atoms with E-state index in [9.17, 15) is 5.11 Å². The lowest BCUT2D eigenvalue weighted by Crippen LogP contribution is -2.60. The maximum Gasteiger partial charge on any atom is 0.115 e. The van der Waals surface area contributed by atoms with Crippen molar-refractivity contribution in [3.8, 4) is 5.75 Å². The van der Waals surface area contributed by atoms with E-state index in [1.54, 1.807) is 56.9 Å². The first-order valence-corrected chi connectivity index (χ1v) is 11.9. The molecule has 8 bridgehead atoms. The molecular formula is C26H34O. The zero-order valence-electron chi connectivity index (χ0n) is 16.6. The molecule has 8 fully saturated rings. The predicted molar refractivity (Wildman–Crippen MR) is 107 cm³/mol. The second-order valence-corrected chi connectivity index (χ2v) is 12.1. The second kappa shape index (κ2) is 5.14. The zero-order chi connectivity index (χ0) is 17.8. The van der Waals surface area contributed by atoms with Crippen LogP contribution in [0.2, 0.25) is 0 Å². The highest BCUT2D eigenvalue weighted by Crippen LogP contribution is 2.72. The fraction of sp³-hybridized carbons (Fsp3) is 0.769. The van der Waals surface area contributed by atoms with Crippen molar-refractivity contribution in [2.75, 3.05) is 0 Å². The van der Waals surface area contributed by atoms with Gasteiger partial charge in [0, 0.05) is 0 Å². The standard InChI is InChI=1S/C26H34O/c27-23-3-1-22(2-4-23)25-10-19-8-20(14-25)24(21(9-19)15-25)26-11-16-5-17(12-26)7-18(6-16)13-26/h1-4,16-21,24,27H,5-15H2. The van der Waals surface area contributed by atoms with Crippen LogP contribution in [0.3, 0.4) is 0 Å². The summed E-state index contributed by atoms with van der Waals surface area (Å²) in [5.41, 5.74) is 2.75. The van der Waals surface area contributed by atoms with Crippen LogP contribution in [0.25, 0.3) is 0 Å². The third kappa shape index (κ3) is 2.12. The Morgan fingerprint density at radius 2 is 1.15 bits per heavy atom. The van der Waals surface area contributed by atoms with Gasteiger partial charge in [0.05, 0.1) is 0 Å². The van der Waals surface area contributed by atoms with Crippen molar-refractivity contribution < 1.29 is 5.11 Å². The number of hydrogen-bond acceptors (Lipinski definition) is 1. The van der Waals surface area contributed by atoms with Gasteiger partial charge in [-0.25, -0.2) is 0 Å². The Morgan fingerprint density at radius 3 is 1.70 bits per heavy atom. The summed E-state index contributed by atoms with van der Waals surface area (Å²) < 4.78 is 0. The van der Waals surface area contributed by atoms with Crippen molar-refractivity contribution >= 4 is 0 Å². The second-order valence-electron chi connectivity index (χ2n) is 12.1. The molecule has 1 aromatic rings. The molecule has 27 heavy (non-hydrogen) atoms. The average molecular weight is 363 g/mol. The first kappa shape index (κ1) is 15.9. The first-order chi connectivity index (χ1) is 13.1. The monoisotopic (exact) mass is 362 g/mol. The Bertz CT molecular complexity index is 710. The van der Waals surface area contributed by atoms with Gasteiger partial charge in [-0.05, 0) is 141 Å². The van der Waals surface area contributed by atoms with Crippen molar-refractivity contribution in [1.29, 1.82) is 0 Å². The molecule has 1 N–H and O–H groups in total. The summed E-state index contributed by atoms with van der Waals surface area (Å²) in [6, 6.07) is 8.37. The number of hydrogen-bond donors (Lipinski definition) is 1. The maximum atomic E-state index is 9.78. The van der Waals surface area contributed by atoms with Gasteiger partial charge >= 0.3 is 0 Å². The molecule has 8 aliphatic carbocycles. The van der Waals surface area contributed by atoms with E-state index in [0.29, 0.717) is 11.2 Å². The molecule has 2 atom stereocenters. The smallest absolute Gasteiger partial charge is 0.115 e. The molecule has 1 heteroatoms. The van der Waals surface area contributed by atoms with Gasteiger partial charge in [-0.15, -0.1) is 0 Å². The Balaban J connectivity index is 1.25. The van der Waals surface area contributed by atoms with Gasteiger partial charge < -0.3 is 5.11 Å². The molecule has 8 aliphatic rings. The molecule has 144 valence electrons. The van der Waals surface area contributed by atoms with Crippen LogP contribution < -0.4 is 0 Å². The van der Waals surface area contributed by atoms with Gasteiger partial charge in [-0.3, -0.25) is 0 Å². The molecule has 0 aliphatic heterocycles. The fourth-order valence-corrected chi connectivity index (χ4v) is 10.8. The lowest BCUT2D eigenvalue weighted by Gasteiger charge is -2.68. The Morgan fingerprint density at radius 1 is 0.630 bits per heavy atom. The number of phenols is 1. The molecule has 0 aromatic heterocycles. The van der Waals surface area contributed by atoms with Crippen LogP contribution in [0.1, 0.15) is 76.2 Å². The number of benzene rings is 1. The van der Waals surface area contributed by atoms with Crippen LogP contribution in [-0.4, -0.2) is 5.11 Å². The van der Waals surface area contributed by atoms with Crippen molar-refractivity contribution in [1.82, 2.24) is 0 Å². The van der Waals surface area contributed by atoms with Gasteiger partial charge in [-0.1, -0.05) is 12.1 Å². The highest BCUT2D eigenvalue weighted by atomic mass is 16.3. The average Bonchev–Trinajstić information content (AvgIpc) is 2.60. The fourth-order valence-electron chi connectivity index (χ4n) is 10.8. The maximum absolute atomic E-state index is 9.78. The summed E-state index contributed by atoms with van der Waals surface area (Å²) in [4.78, 5) is 0. The van der Waals surface area contributed by atoms with E-state index >= 15 is 0 Å². The van der Waals surface area contributed by atoms with Crippen LogP contribution >= 0.6 is 0 Å². The summed E-state index contributed by atoms with van der Waals surface area (Å²) in [6.45, 7) is 0. The molecule has 0 radical (unpaired) electrons. The summed E-state index contributed by atoms with van der Waals surface area (Å²) in [6.07, 6.45) is 17.0. The Hall–Kier alpha value is -0.980. The SMILES string of the molecule is Oc1ccc(C23CC4CC(C2)C(C25CC6CC(CC(C6)C2)C5)C(C4)C3)cc1. The number of rotatable bonds is 2. The van der Waals surface area contributed by atoms with Crippen molar-refractivity contribution in [2.45, 2.75) is 76.0 Å². The van der Waals surface area contributed by atoms with E-state index in [1.165, 1.54) is 19.3 Å². The first-order valence-electron chi connectivity index (χ1n) is 11.9. The molecule has 1 aromatic carbocycles. The van der Waals surface area contributed by atoms with Crippen LogP contribution in [0.15, 0.2) is 24.3 Å². The molecule has 2 unspecified atom stereocenters. The molecule has 9 rings (SSSR count). The van der Waals surface area contributed by atoms with Crippen LogP contribution in [0, 0.1) is 46.8 Å². The molecule has 1 nitrogen and oxygen atoms in total. The minimum absolute atomic E-state index is 0.426. The summed E-state index contributed by atoms with van der Waals surface area (Å²) >= 11 is 0. The Kier molecular flexibility index (Phi) is 3.02. The van der Waals surface area contributed by atoms with Crippen molar-refractivity contribution in [3.05, 3.63) is 29.8 Å².